The zero-order valence-electron chi connectivity index (χ0n) is 15.0. The topological polar surface area (TPSA) is 84.2 Å². The first kappa shape index (κ1) is 19.0. The number of aliphatic carboxylic acids is 1. The number of carboxylic acids is 1. The third-order valence-electron chi connectivity index (χ3n) is 4.17. The minimum absolute atomic E-state index is 0.0949. The summed E-state index contributed by atoms with van der Waals surface area (Å²) in [6.45, 7) is 0.192. The van der Waals surface area contributed by atoms with Gasteiger partial charge in [-0.15, -0.1) is 0 Å². The Morgan fingerprint density at radius 2 is 1.89 bits per heavy atom. The second-order valence-corrected chi connectivity index (χ2v) is 7.04. The normalized spacial score (nSPS) is 10.9. The molecule has 0 fully saturated rings. The number of benzene rings is 2. The number of carboxylic acid groups (broad SMARTS) is 1. The van der Waals surface area contributed by atoms with E-state index in [9.17, 15) is 9.59 Å². The molecule has 0 aliphatic rings. The van der Waals surface area contributed by atoms with Gasteiger partial charge in [-0.05, 0) is 42.5 Å². The number of rotatable bonds is 8. The molecule has 1 heterocycles. The second-order valence-electron chi connectivity index (χ2n) is 6.17. The zero-order chi connectivity index (χ0) is 19.2. The van der Waals surface area contributed by atoms with Crippen LogP contribution in [0.15, 0.2) is 48.5 Å². The van der Waals surface area contributed by atoms with Crippen molar-refractivity contribution in [3.8, 4) is 0 Å². The van der Waals surface area contributed by atoms with Gasteiger partial charge in [0.1, 0.15) is 12.4 Å². The Bertz CT molecular complexity index is 951. The lowest BCUT2D eigenvalue weighted by Gasteiger charge is -2.10. The van der Waals surface area contributed by atoms with E-state index < -0.39 is 5.97 Å². The van der Waals surface area contributed by atoms with Crippen molar-refractivity contribution in [2.24, 2.45) is 0 Å². The summed E-state index contributed by atoms with van der Waals surface area (Å²) in [6.07, 6.45) is 2.58. The Morgan fingerprint density at radius 3 is 2.59 bits per heavy atom. The van der Waals surface area contributed by atoms with Gasteiger partial charge in [-0.3, -0.25) is 9.59 Å². The number of carbonyl (C=O) groups excluding carboxylic acids is 1. The van der Waals surface area contributed by atoms with Crippen LogP contribution in [0.4, 0.5) is 5.69 Å². The summed E-state index contributed by atoms with van der Waals surface area (Å²) in [5, 5.41) is 11.6. The summed E-state index contributed by atoms with van der Waals surface area (Å²) >= 11 is 1.67. The maximum Gasteiger partial charge on any atom is 0.303 e. The van der Waals surface area contributed by atoms with Gasteiger partial charge >= 0.3 is 5.97 Å². The number of nitrogens with zero attached hydrogens (tertiary/aromatic N) is 2. The van der Waals surface area contributed by atoms with Crippen LogP contribution in [0.3, 0.4) is 0 Å². The van der Waals surface area contributed by atoms with Crippen LogP contribution in [-0.4, -0.2) is 32.8 Å². The molecule has 7 heteroatoms. The molecule has 0 atom stereocenters. The average molecular weight is 383 g/mol. The molecule has 3 rings (SSSR count). The number of aryl methyl sites for hydroxylation is 1. The van der Waals surface area contributed by atoms with Crippen molar-refractivity contribution in [3.05, 3.63) is 59.9 Å². The molecule has 0 saturated heterocycles. The maximum absolute atomic E-state index is 12.5. The molecule has 140 valence electrons. The number of anilines is 1. The number of fused-ring (bicyclic) bond motifs is 1. The molecule has 2 aromatic carbocycles. The lowest BCUT2D eigenvalue weighted by Crippen LogP contribution is -2.20. The number of nitrogens with one attached hydrogen (secondary N) is 1. The number of hydrogen-bond acceptors (Lipinski definition) is 4. The number of amides is 1. The molecule has 0 radical (unpaired) electrons. The second kappa shape index (κ2) is 8.73. The highest BCUT2D eigenvalue weighted by molar-refractivity contribution is 7.97. The van der Waals surface area contributed by atoms with Crippen LogP contribution in [0.1, 0.15) is 17.8 Å². The number of para-hydroxylation sites is 2. The van der Waals surface area contributed by atoms with Gasteiger partial charge in [0.05, 0.1) is 16.8 Å². The van der Waals surface area contributed by atoms with Crippen LogP contribution < -0.4 is 5.32 Å². The van der Waals surface area contributed by atoms with E-state index in [1.54, 1.807) is 23.9 Å². The van der Waals surface area contributed by atoms with E-state index in [0.29, 0.717) is 12.1 Å². The first-order valence-electron chi connectivity index (χ1n) is 8.60. The largest absolute Gasteiger partial charge is 0.481 e. The Morgan fingerprint density at radius 1 is 1.15 bits per heavy atom. The molecular formula is C20H21N3O3S. The molecule has 1 amide bonds. The Hall–Kier alpha value is -2.80. The molecule has 0 saturated carbocycles. The third-order valence-corrected chi connectivity index (χ3v) is 4.72. The molecule has 0 bridgehead atoms. The molecule has 0 spiro atoms. The minimum Gasteiger partial charge on any atom is -0.481 e. The molecule has 1 aromatic heterocycles. The van der Waals surface area contributed by atoms with Crippen LogP contribution in [0.2, 0.25) is 0 Å². The van der Waals surface area contributed by atoms with E-state index >= 15 is 0 Å². The Balaban J connectivity index is 1.70. The van der Waals surface area contributed by atoms with Crippen LogP contribution in [0, 0.1) is 0 Å². The predicted octanol–water partition coefficient (Wildman–Crippen LogP) is 3.56. The van der Waals surface area contributed by atoms with Crippen molar-refractivity contribution in [3.63, 3.8) is 0 Å². The fourth-order valence-corrected chi connectivity index (χ4v) is 3.37. The fraction of sp³-hybridized carbons (Fsp3) is 0.250. The lowest BCUT2D eigenvalue weighted by molar-refractivity contribution is -0.137. The first-order valence-corrected chi connectivity index (χ1v) is 10.00. The van der Waals surface area contributed by atoms with Crippen LogP contribution >= 0.6 is 11.8 Å². The summed E-state index contributed by atoms with van der Waals surface area (Å²) in [6, 6.07) is 15.1. The summed E-state index contributed by atoms with van der Waals surface area (Å²) in [5.74, 6) is 0.669. The summed E-state index contributed by atoms with van der Waals surface area (Å²) in [4.78, 5) is 27.8. The highest BCUT2D eigenvalue weighted by Crippen LogP contribution is 2.19. The van der Waals surface area contributed by atoms with Gasteiger partial charge in [0.15, 0.2) is 0 Å². The van der Waals surface area contributed by atoms with E-state index in [-0.39, 0.29) is 18.9 Å². The number of aromatic nitrogens is 2. The highest BCUT2D eigenvalue weighted by Gasteiger charge is 2.13. The quantitative estimate of drug-likeness (QED) is 0.621. The van der Waals surface area contributed by atoms with Crippen molar-refractivity contribution < 1.29 is 14.7 Å². The number of hydrogen-bond donors (Lipinski definition) is 2. The third kappa shape index (κ3) is 4.89. The molecule has 0 aliphatic carbocycles. The molecule has 6 nitrogen and oxygen atoms in total. The van der Waals surface area contributed by atoms with Gasteiger partial charge in [-0.1, -0.05) is 24.3 Å². The zero-order valence-corrected chi connectivity index (χ0v) is 15.8. The van der Waals surface area contributed by atoms with Crippen LogP contribution in [-0.2, 0) is 28.3 Å². The van der Waals surface area contributed by atoms with E-state index in [1.165, 1.54) is 0 Å². The summed E-state index contributed by atoms with van der Waals surface area (Å²) < 4.78 is 1.95. The number of imidazole rings is 1. The minimum atomic E-state index is -0.819. The van der Waals surface area contributed by atoms with E-state index in [1.807, 2.05) is 47.2 Å². The molecular weight excluding hydrogens is 362 g/mol. The van der Waals surface area contributed by atoms with Crippen molar-refractivity contribution in [1.29, 1.82) is 0 Å². The summed E-state index contributed by atoms with van der Waals surface area (Å²) in [7, 11) is 0. The van der Waals surface area contributed by atoms with Crippen molar-refractivity contribution in [2.45, 2.75) is 25.1 Å². The Labute approximate surface area is 161 Å². The molecule has 27 heavy (non-hydrogen) atoms. The smallest absolute Gasteiger partial charge is 0.303 e. The van der Waals surface area contributed by atoms with Gasteiger partial charge in [-0.2, -0.15) is 11.8 Å². The van der Waals surface area contributed by atoms with Crippen LogP contribution in [0.5, 0.6) is 0 Å². The van der Waals surface area contributed by atoms with E-state index in [2.05, 4.69) is 10.3 Å². The fourth-order valence-electron chi connectivity index (χ4n) is 2.89. The van der Waals surface area contributed by atoms with E-state index in [4.69, 9.17) is 5.11 Å². The van der Waals surface area contributed by atoms with Crippen molar-refractivity contribution in [2.75, 3.05) is 11.6 Å². The lowest BCUT2D eigenvalue weighted by atomic mass is 10.1. The SMILES string of the molecule is CSCc1nc2ccccc2n1CC(=O)Nc1ccc(CCC(=O)O)cc1. The van der Waals surface area contributed by atoms with Crippen LogP contribution in [0.25, 0.3) is 11.0 Å². The molecule has 0 aliphatic heterocycles. The predicted molar refractivity (Wildman–Crippen MR) is 108 cm³/mol. The molecule has 0 unspecified atom stereocenters. The maximum atomic E-state index is 12.5. The van der Waals surface area contributed by atoms with Crippen molar-refractivity contribution >= 4 is 40.4 Å². The average Bonchev–Trinajstić information content (AvgIpc) is 2.99. The van der Waals surface area contributed by atoms with Gasteiger partial charge in [0.25, 0.3) is 0 Å². The molecule has 3 aromatic rings. The summed E-state index contributed by atoms with van der Waals surface area (Å²) in [5.41, 5.74) is 3.45. The molecule has 2 N–H and O–H groups in total. The van der Waals surface area contributed by atoms with E-state index in [0.717, 1.165) is 28.2 Å². The highest BCUT2D eigenvalue weighted by atomic mass is 32.2. The van der Waals surface area contributed by atoms with Crippen molar-refractivity contribution in [1.82, 2.24) is 9.55 Å². The van der Waals surface area contributed by atoms with Gasteiger partial charge < -0.3 is 15.0 Å². The van der Waals surface area contributed by atoms with Gasteiger partial charge in [0, 0.05) is 12.1 Å². The Kier molecular flexibility index (Phi) is 6.13. The van der Waals surface area contributed by atoms with Gasteiger partial charge in [0.2, 0.25) is 5.91 Å². The number of thioether (sulfide) groups is 1. The first-order chi connectivity index (χ1) is 13.1. The number of carbonyl (C=O) groups is 2. The van der Waals surface area contributed by atoms with Gasteiger partial charge in [-0.25, -0.2) is 4.98 Å². The monoisotopic (exact) mass is 383 g/mol. The standard InChI is InChI=1S/C20H21N3O3S/c1-27-13-18-22-16-4-2-3-5-17(16)23(18)12-19(24)21-15-9-6-14(7-10-15)8-11-20(25)26/h2-7,9-10H,8,11-13H2,1H3,(H,21,24)(H,25,26).